The fourth-order valence-electron chi connectivity index (χ4n) is 2.35. The number of amides is 1. The molecule has 10 heteroatoms. The summed E-state index contributed by atoms with van der Waals surface area (Å²) in [6.07, 6.45) is 3.18. The van der Waals surface area contributed by atoms with Crippen molar-refractivity contribution in [1.82, 2.24) is 4.90 Å². The van der Waals surface area contributed by atoms with E-state index in [1.54, 1.807) is 30.4 Å². The maximum Gasteiger partial charge on any atom is 0.285 e. The van der Waals surface area contributed by atoms with Crippen LogP contribution in [0.1, 0.15) is 5.76 Å². The fraction of sp³-hybridized carbons (Fsp3) is 0.0588. The third-order valence-electron chi connectivity index (χ3n) is 3.58. The van der Waals surface area contributed by atoms with E-state index in [4.69, 9.17) is 28.2 Å². The molecule has 0 spiro atoms. The molecule has 1 aromatic heterocycles. The lowest BCUT2D eigenvalue weighted by Gasteiger charge is -2.10. The first-order valence-electron chi connectivity index (χ1n) is 7.41. The van der Waals surface area contributed by atoms with Crippen molar-refractivity contribution in [1.29, 1.82) is 0 Å². The first kappa shape index (κ1) is 19.8. The Kier molecular flexibility index (Phi) is 5.85. The van der Waals surface area contributed by atoms with Crippen molar-refractivity contribution in [3.05, 3.63) is 67.2 Å². The second-order valence-electron chi connectivity index (χ2n) is 5.33. The van der Waals surface area contributed by atoms with Crippen molar-refractivity contribution in [3.8, 4) is 11.3 Å². The minimum Gasteiger partial charge on any atom is -0.457 e. The molecule has 0 saturated carbocycles. The minimum atomic E-state index is -0.533. The number of thioether (sulfide) groups is 1. The number of halogens is 2. The summed E-state index contributed by atoms with van der Waals surface area (Å²) >= 11 is 15.5. The molecule has 0 aliphatic carbocycles. The number of furan rings is 1. The van der Waals surface area contributed by atoms with Crippen molar-refractivity contribution in [2.45, 2.75) is 0 Å². The highest BCUT2D eigenvalue weighted by Gasteiger charge is 2.31. The van der Waals surface area contributed by atoms with Crippen molar-refractivity contribution >= 4 is 73.5 Å². The Bertz CT molecular complexity index is 1020. The Morgan fingerprint density at radius 1 is 1.44 bits per heavy atom. The maximum absolute atomic E-state index is 12.4. The molecule has 2 heterocycles. The van der Waals surface area contributed by atoms with Crippen LogP contribution in [0.4, 0.5) is 5.69 Å². The Labute approximate surface area is 177 Å². The van der Waals surface area contributed by atoms with Gasteiger partial charge in [-0.2, -0.15) is 0 Å². The van der Waals surface area contributed by atoms with E-state index in [1.807, 2.05) is 0 Å². The van der Waals surface area contributed by atoms with Crippen LogP contribution < -0.4 is 0 Å². The molecule has 1 amide bonds. The van der Waals surface area contributed by atoms with E-state index >= 15 is 0 Å². The van der Waals surface area contributed by atoms with Gasteiger partial charge in [0.1, 0.15) is 20.3 Å². The molecule has 1 fully saturated rings. The summed E-state index contributed by atoms with van der Waals surface area (Å²) in [5.74, 6) is 0.594. The Morgan fingerprint density at radius 3 is 2.85 bits per heavy atom. The summed E-state index contributed by atoms with van der Waals surface area (Å²) < 4.78 is 6.38. The van der Waals surface area contributed by atoms with Gasteiger partial charge in [0.2, 0.25) is 0 Å². The zero-order chi connectivity index (χ0) is 19.7. The van der Waals surface area contributed by atoms with Gasteiger partial charge in [-0.05, 0) is 34.1 Å². The number of nitrogens with zero attached hydrogens (tertiary/aromatic N) is 2. The quantitative estimate of drug-likeness (QED) is 0.179. The Hall–Kier alpha value is -1.94. The first-order chi connectivity index (χ1) is 12.8. The molecule has 1 aliphatic heterocycles. The van der Waals surface area contributed by atoms with Crippen LogP contribution >= 0.6 is 51.5 Å². The summed E-state index contributed by atoms with van der Waals surface area (Å²) in [6, 6.07) is 6.24. The highest BCUT2D eigenvalue weighted by atomic mass is 79.9. The molecule has 0 N–H and O–H groups in total. The van der Waals surface area contributed by atoms with Gasteiger partial charge in [-0.15, -0.1) is 6.58 Å². The van der Waals surface area contributed by atoms with E-state index in [0.29, 0.717) is 32.9 Å². The van der Waals surface area contributed by atoms with E-state index in [1.165, 1.54) is 22.7 Å². The molecule has 3 rings (SSSR count). The fourth-order valence-corrected chi connectivity index (χ4v) is 4.19. The topological polar surface area (TPSA) is 76.6 Å². The molecule has 27 heavy (non-hydrogen) atoms. The third-order valence-corrected chi connectivity index (χ3v) is 6.31. The number of nitro groups is 1. The van der Waals surface area contributed by atoms with Gasteiger partial charge in [0.05, 0.1) is 14.9 Å². The molecule has 138 valence electrons. The lowest BCUT2D eigenvalue weighted by atomic mass is 10.1. The van der Waals surface area contributed by atoms with Gasteiger partial charge >= 0.3 is 0 Å². The summed E-state index contributed by atoms with van der Waals surface area (Å²) in [5.41, 5.74) is 0.287. The van der Waals surface area contributed by atoms with Gasteiger partial charge in [-0.1, -0.05) is 41.7 Å². The van der Waals surface area contributed by atoms with Crippen molar-refractivity contribution in [2.75, 3.05) is 6.54 Å². The monoisotopic (exact) mass is 484 g/mol. The van der Waals surface area contributed by atoms with Crippen LogP contribution in [0.15, 0.2) is 50.7 Å². The predicted octanol–water partition coefficient (Wildman–Crippen LogP) is 5.66. The number of carbonyl (C=O) groups excluding carboxylic acids is 1. The van der Waals surface area contributed by atoms with E-state index in [2.05, 4.69) is 22.5 Å². The largest absolute Gasteiger partial charge is 0.457 e. The Balaban J connectivity index is 1.92. The Morgan fingerprint density at radius 2 is 2.19 bits per heavy atom. The highest BCUT2D eigenvalue weighted by Crippen LogP contribution is 2.38. The molecule has 0 unspecified atom stereocenters. The zero-order valence-corrected chi connectivity index (χ0v) is 17.5. The number of hydrogen-bond acceptors (Lipinski definition) is 6. The lowest BCUT2D eigenvalue weighted by Crippen LogP contribution is -2.27. The van der Waals surface area contributed by atoms with E-state index in [9.17, 15) is 14.9 Å². The molecular weight excluding hydrogens is 476 g/mol. The summed E-state index contributed by atoms with van der Waals surface area (Å²) in [4.78, 5) is 24.9. The molecule has 0 atom stereocenters. The van der Waals surface area contributed by atoms with Crippen LogP contribution in [-0.2, 0) is 4.79 Å². The van der Waals surface area contributed by atoms with Gasteiger partial charge in [-0.25, -0.2) is 0 Å². The predicted molar refractivity (Wildman–Crippen MR) is 114 cm³/mol. The summed E-state index contributed by atoms with van der Waals surface area (Å²) in [7, 11) is 0. The standard InChI is InChI=1S/C17H10BrClN2O4S2/c1-2-5-20-16(22)14(27-17(20)26)8-10-3-4-13(25-10)9-6-11(19)15(18)12(7-9)21(23)24/h2-4,6-8H,1,5H2/b14-8-. The van der Waals surface area contributed by atoms with E-state index < -0.39 is 4.92 Å². The third kappa shape index (κ3) is 4.01. The smallest absolute Gasteiger partial charge is 0.285 e. The minimum absolute atomic E-state index is 0.166. The van der Waals surface area contributed by atoms with Crippen molar-refractivity contribution in [2.24, 2.45) is 0 Å². The molecule has 1 aliphatic rings. The van der Waals surface area contributed by atoms with Crippen LogP contribution in [0.3, 0.4) is 0 Å². The molecule has 6 nitrogen and oxygen atoms in total. The van der Waals surface area contributed by atoms with Crippen LogP contribution in [0.5, 0.6) is 0 Å². The number of benzene rings is 1. The maximum atomic E-state index is 12.4. The molecule has 0 bridgehead atoms. The SMILES string of the molecule is C=CCN1C(=O)/C(=C/c2ccc(-c3cc(Cl)c(Br)c([N+](=O)[O-])c3)o2)SC1=S. The zero-order valence-electron chi connectivity index (χ0n) is 13.5. The summed E-state index contributed by atoms with van der Waals surface area (Å²) in [6.45, 7) is 3.95. The van der Waals surface area contributed by atoms with Gasteiger partial charge < -0.3 is 4.42 Å². The molecule has 1 saturated heterocycles. The van der Waals surface area contributed by atoms with Crippen LogP contribution in [0, 0.1) is 10.1 Å². The number of rotatable bonds is 5. The van der Waals surface area contributed by atoms with Gasteiger partial charge in [0.25, 0.3) is 11.6 Å². The number of nitro benzene ring substituents is 1. The number of hydrogen-bond donors (Lipinski definition) is 0. The normalized spacial score (nSPS) is 15.6. The van der Waals surface area contributed by atoms with E-state index in [0.717, 1.165) is 0 Å². The average molecular weight is 486 g/mol. The second kappa shape index (κ2) is 7.97. The van der Waals surface area contributed by atoms with Crippen LogP contribution in [0.25, 0.3) is 17.4 Å². The van der Waals surface area contributed by atoms with Crippen molar-refractivity contribution in [3.63, 3.8) is 0 Å². The van der Waals surface area contributed by atoms with Gasteiger partial charge in [0.15, 0.2) is 0 Å². The number of carbonyl (C=O) groups is 1. The second-order valence-corrected chi connectivity index (χ2v) is 8.21. The summed E-state index contributed by atoms with van der Waals surface area (Å²) in [5, 5.41) is 11.4. The van der Waals surface area contributed by atoms with Crippen LogP contribution in [-0.4, -0.2) is 26.6 Å². The molecule has 1 aromatic carbocycles. The van der Waals surface area contributed by atoms with Crippen molar-refractivity contribution < 1.29 is 14.1 Å². The average Bonchev–Trinajstić information content (AvgIpc) is 3.18. The molecule has 2 aromatic rings. The van der Waals surface area contributed by atoms with Crippen LogP contribution in [0.2, 0.25) is 5.02 Å². The lowest BCUT2D eigenvalue weighted by molar-refractivity contribution is -0.385. The molecule has 0 radical (unpaired) electrons. The first-order valence-corrected chi connectivity index (χ1v) is 9.81. The van der Waals surface area contributed by atoms with Gasteiger partial charge in [0, 0.05) is 24.3 Å². The van der Waals surface area contributed by atoms with Gasteiger partial charge in [-0.3, -0.25) is 19.8 Å². The van der Waals surface area contributed by atoms with E-state index in [-0.39, 0.29) is 21.1 Å². The number of thiocarbonyl (C=S) groups is 1. The molecular formula is C17H10BrClN2O4S2. The highest BCUT2D eigenvalue weighted by molar-refractivity contribution is 9.10.